The molecule has 0 saturated carbocycles. The molecule has 1 aromatic heterocycles. The number of hydrogen-bond acceptors (Lipinski definition) is 6. The van der Waals surface area contributed by atoms with Gasteiger partial charge in [-0.25, -0.2) is 9.97 Å². The number of aryl methyl sites for hydroxylation is 1. The Kier molecular flexibility index (Phi) is 7.09. The molecule has 1 aliphatic carbocycles. The van der Waals surface area contributed by atoms with Gasteiger partial charge in [-0.3, -0.25) is 4.79 Å². The van der Waals surface area contributed by atoms with Crippen molar-refractivity contribution in [3.05, 3.63) is 52.4 Å². The van der Waals surface area contributed by atoms with E-state index in [1.165, 1.54) is 11.3 Å². The van der Waals surface area contributed by atoms with E-state index in [1.807, 2.05) is 36.0 Å². The summed E-state index contributed by atoms with van der Waals surface area (Å²) in [4.78, 5) is 29.8. The first-order valence-corrected chi connectivity index (χ1v) is 13.6. The second-order valence-corrected chi connectivity index (χ2v) is 11.0. The third-order valence-corrected chi connectivity index (χ3v) is 8.45. The third kappa shape index (κ3) is 5.00. The Morgan fingerprint density at radius 2 is 1.82 bits per heavy atom. The first kappa shape index (κ1) is 22.9. The molecule has 0 N–H and O–H groups in total. The van der Waals surface area contributed by atoms with Crippen LogP contribution in [0.15, 0.2) is 30.6 Å². The number of hydrogen-bond donors (Lipinski definition) is 0. The highest BCUT2D eigenvalue weighted by Crippen LogP contribution is 2.37. The van der Waals surface area contributed by atoms with Gasteiger partial charge in [0.05, 0.1) is 5.92 Å². The number of piperazine rings is 1. The molecular formula is C25H32ClN5OS. The first-order chi connectivity index (χ1) is 16.1. The molecule has 0 spiro atoms. The standard InChI is InChI=1S/C25H32ClN5OS/c1-18-2-7-22-23(18)24(28-17-27-22)30-8-10-31(11-9-30)25(32)21(16-29-12-14-33-15-13-29)19-3-5-20(26)6-4-19/h3-6,17-18,21H,2,7-16H2,1H3/t18-,21-/m1/s1. The number of rotatable bonds is 5. The van der Waals surface area contributed by atoms with Crippen LogP contribution in [0.2, 0.25) is 5.02 Å². The maximum absolute atomic E-state index is 13.8. The molecule has 1 aromatic carbocycles. The summed E-state index contributed by atoms with van der Waals surface area (Å²) in [6.07, 6.45) is 3.90. The monoisotopic (exact) mass is 485 g/mol. The molecule has 2 fully saturated rings. The lowest BCUT2D eigenvalue weighted by Gasteiger charge is -2.39. The van der Waals surface area contributed by atoms with Crippen LogP contribution in [0, 0.1) is 0 Å². The SMILES string of the molecule is C[C@@H]1CCc2ncnc(N3CCN(C(=O)[C@H](CN4CCSCC4)c4ccc(Cl)cc4)CC3)c21. The van der Waals surface area contributed by atoms with Crippen molar-refractivity contribution in [1.82, 2.24) is 19.8 Å². The van der Waals surface area contributed by atoms with Gasteiger partial charge in [-0.2, -0.15) is 11.8 Å². The van der Waals surface area contributed by atoms with Crippen LogP contribution >= 0.6 is 23.4 Å². The van der Waals surface area contributed by atoms with Crippen molar-refractivity contribution in [2.24, 2.45) is 0 Å². The van der Waals surface area contributed by atoms with E-state index in [2.05, 4.69) is 31.6 Å². The largest absolute Gasteiger partial charge is 0.353 e. The van der Waals surface area contributed by atoms with Gasteiger partial charge in [0.1, 0.15) is 12.1 Å². The molecule has 5 rings (SSSR count). The molecule has 2 saturated heterocycles. The van der Waals surface area contributed by atoms with Gasteiger partial charge in [0.15, 0.2) is 0 Å². The Morgan fingerprint density at radius 3 is 2.55 bits per heavy atom. The Bertz CT molecular complexity index is 973. The van der Waals surface area contributed by atoms with Crippen LogP contribution in [0.3, 0.4) is 0 Å². The Hall–Kier alpha value is -1.83. The summed E-state index contributed by atoms with van der Waals surface area (Å²) in [7, 11) is 0. The molecule has 33 heavy (non-hydrogen) atoms. The number of anilines is 1. The lowest BCUT2D eigenvalue weighted by atomic mass is 9.96. The number of amides is 1. The molecule has 3 aliphatic rings. The van der Waals surface area contributed by atoms with Crippen LogP contribution in [0.5, 0.6) is 0 Å². The van der Waals surface area contributed by atoms with Crippen molar-refractivity contribution in [3.8, 4) is 0 Å². The minimum Gasteiger partial charge on any atom is -0.353 e. The van der Waals surface area contributed by atoms with Gasteiger partial charge in [-0.05, 0) is 36.5 Å². The van der Waals surface area contributed by atoms with Crippen molar-refractivity contribution in [1.29, 1.82) is 0 Å². The molecule has 8 heteroatoms. The van der Waals surface area contributed by atoms with Crippen molar-refractivity contribution in [2.75, 3.05) is 62.2 Å². The normalized spacial score (nSPS) is 22.3. The van der Waals surface area contributed by atoms with Crippen molar-refractivity contribution in [2.45, 2.75) is 31.6 Å². The summed E-state index contributed by atoms with van der Waals surface area (Å²) in [5, 5.41) is 0.708. The van der Waals surface area contributed by atoms with E-state index in [9.17, 15) is 4.79 Å². The van der Waals surface area contributed by atoms with E-state index in [0.29, 0.717) is 10.9 Å². The number of halogens is 1. The van der Waals surface area contributed by atoms with Crippen molar-refractivity contribution < 1.29 is 4.79 Å². The van der Waals surface area contributed by atoms with Crippen LogP contribution in [-0.2, 0) is 11.2 Å². The van der Waals surface area contributed by atoms with Crippen LogP contribution in [-0.4, -0.2) is 83.0 Å². The predicted octanol–water partition coefficient (Wildman–Crippen LogP) is 3.66. The second kappa shape index (κ2) is 10.2. The van der Waals surface area contributed by atoms with Crippen LogP contribution in [0.4, 0.5) is 5.82 Å². The van der Waals surface area contributed by atoms with Gasteiger partial charge in [0.25, 0.3) is 0 Å². The van der Waals surface area contributed by atoms with Gasteiger partial charge in [0.2, 0.25) is 5.91 Å². The highest BCUT2D eigenvalue weighted by atomic mass is 35.5. The number of carbonyl (C=O) groups excluding carboxylic acids is 1. The topological polar surface area (TPSA) is 52.6 Å². The molecule has 3 heterocycles. The minimum atomic E-state index is -0.153. The Balaban J connectivity index is 1.29. The fraction of sp³-hybridized carbons (Fsp3) is 0.560. The molecule has 176 valence electrons. The van der Waals surface area contributed by atoms with Gasteiger partial charge in [-0.1, -0.05) is 30.7 Å². The van der Waals surface area contributed by atoms with E-state index in [-0.39, 0.29) is 11.8 Å². The fourth-order valence-corrected chi connectivity index (χ4v) is 6.40. The van der Waals surface area contributed by atoms with Crippen molar-refractivity contribution >= 4 is 35.1 Å². The van der Waals surface area contributed by atoms with E-state index in [1.54, 1.807) is 6.33 Å². The fourth-order valence-electron chi connectivity index (χ4n) is 5.30. The summed E-state index contributed by atoms with van der Waals surface area (Å²) in [5.41, 5.74) is 3.58. The van der Waals surface area contributed by atoms with Gasteiger partial charge in [-0.15, -0.1) is 0 Å². The van der Waals surface area contributed by atoms with E-state index in [0.717, 1.165) is 81.5 Å². The average Bonchev–Trinajstić information content (AvgIpc) is 3.24. The van der Waals surface area contributed by atoms with Crippen molar-refractivity contribution in [3.63, 3.8) is 0 Å². The smallest absolute Gasteiger partial charge is 0.231 e. The maximum Gasteiger partial charge on any atom is 0.231 e. The molecular weight excluding hydrogens is 454 g/mol. The Labute approximate surface area is 205 Å². The molecule has 0 radical (unpaired) electrons. The second-order valence-electron chi connectivity index (χ2n) is 9.33. The van der Waals surface area contributed by atoms with Crippen LogP contribution < -0.4 is 4.90 Å². The first-order valence-electron chi connectivity index (χ1n) is 12.0. The summed E-state index contributed by atoms with van der Waals surface area (Å²) in [6.45, 7) is 8.23. The quantitative estimate of drug-likeness (QED) is 0.644. The van der Waals surface area contributed by atoms with E-state index in [4.69, 9.17) is 11.6 Å². The number of nitrogens with zero attached hydrogens (tertiary/aromatic N) is 5. The number of thioether (sulfide) groups is 1. The molecule has 0 bridgehead atoms. The zero-order valence-electron chi connectivity index (χ0n) is 19.3. The number of benzene rings is 1. The summed E-state index contributed by atoms with van der Waals surface area (Å²) in [6, 6.07) is 7.84. The number of aromatic nitrogens is 2. The summed E-state index contributed by atoms with van der Waals surface area (Å²) >= 11 is 8.13. The van der Waals surface area contributed by atoms with Gasteiger partial charge < -0.3 is 14.7 Å². The lowest BCUT2D eigenvalue weighted by Crippen LogP contribution is -2.52. The van der Waals surface area contributed by atoms with Gasteiger partial charge in [0, 0.05) is 73.6 Å². The zero-order chi connectivity index (χ0) is 22.8. The molecule has 2 aromatic rings. The molecule has 0 unspecified atom stereocenters. The third-order valence-electron chi connectivity index (χ3n) is 7.26. The van der Waals surface area contributed by atoms with E-state index >= 15 is 0 Å². The number of fused-ring (bicyclic) bond motifs is 1. The summed E-state index contributed by atoms with van der Waals surface area (Å²) in [5.74, 6) is 3.95. The molecule has 6 nitrogen and oxygen atoms in total. The van der Waals surface area contributed by atoms with Crippen LogP contribution in [0.25, 0.3) is 0 Å². The molecule has 1 amide bonds. The highest BCUT2D eigenvalue weighted by Gasteiger charge is 2.33. The van der Waals surface area contributed by atoms with Gasteiger partial charge >= 0.3 is 0 Å². The maximum atomic E-state index is 13.8. The summed E-state index contributed by atoms with van der Waals surface area (Å²) < 4.78 is 0. The number of carbonyl (C=O) groups is 1. The zero-order valence-corrected chi connectivity index (χ0v) is 20.8. The minimum absolute atomic E-state index is 0.153. The van der Waals surface area contributed by atoms with Crippen LogP contribution in [0.1, 0.15) is 42.0 Å². The average molecular weight is 486 g/mol. The molecule has 2 aliphatic heterocycles. The lowest BCUT2D eigenvalue weighted by molar-refractivity contribution is -0.133. The predicted molar refractivity (Wildman–Crippen MR) is 136 cm³/mol. The highest BCUT2D eigenvalue weighted by molar-refractivity contribution is 7.99. The molecule has 2 atom stereocenters. The Morgan fingerprint density at radius 1 is 1.09 bits per heavy atom. The van der Waals surface area contributed by atoms with E-state index < -0.39 is 0 Å².